The Balaban J connectivity index is 1.67. The van der Waals surface area contributed by atoms with Crippen molar-refractivity contribution >= 4 is 11.6 Å². The molecule has 142 valence electrons. The molecule has 2 aliphatic rings. The monoisotopic (exact) mass is 370 g/mol. The minimum absolute atomic E-state index is 0.0310. The van der Waals surface area contributed by atoms with Gasteiger partial charge in [-0.15, -0.1) is 0 Å². The quantitative estimate of drug-likeness (QED) is 0.803. The minimum Gasteiger partial charge on any atom is -0.311 e. The lowest BCUT2D eigenvalue weighted by Crippen LogP contribution is -2.40. The average molecular weight is 370 g/mol. The van der Waals surface area contributed by atoms with E-state index in [0.717, 1.165) is 49.9 Å². The molecule has 0 radical (unpaired) electrons. The predicted octanol–water partition coefficient (Wildman–Crippen LogP) is 4.32. The van der Waals surface area contributed by atoms with E-state index < -0.39 is 0 Å². The number of rotatable bonds is 3. The van der Waals surface area contributed by atoms with E-state index in [4.69, 9.17) is 0 Å². The van der Waals surface area contributed by atoms with Gasteiger partial charge in [-0.25, -0.2) is 8.78 Å². The van der Waals surface area contributed by atoms with Gasteiger partial charge in [-0.2, -0.15) is 0 Å². The normalized spacial score (nSPS) is 20.4. The van der Waals surface area contributed by atoms with Crippen molar-refractivity contribution in [3.8, 4) is 0 Å². The zero-order chi connectivity index (χ0) is 18.8. The molecule has 0 saturated carbocycles. The third kappa shape index (κ3) is 3.88. The summed E-state index contributed by atoms with van der Waals surface area (Å²) < 4.78 is 27.4. The second-order valence-electron chi connectivity index (χ2n) is 7.48. The van der Waals surface area contributed by atoms with Crippen molar-refractivity contribution in [3.05, 3.63) is 65.2 Å². The molecule has 1 saturated heterocycles. The lowest BCUT2D eigenvalue weighted by Gasteiger charge is -2.26. The highest BCUT2D eigenvalue weighted by Gasteiger charge is 2.29. The van der Waals surface area contributed by atoms with Gasteiger partial charge in [-0.1, -0.05) is 18.2 Å². The SMILES string of the molecule is O=C(CN1CCCC1)N1CCC[C@@H](c2ccc(F)cc2)c2ccc(F)cc21. The Morgan fingerprint density at radius 3 is 2.37 bits per heavy atom. The van der Waals surface area contributed by atoms with Gasteiger partial charge in [0.05, 0.1) is 12.2 Å². The first-order valence-corrected chi connectivity index (χ1v) is 9.69. The molecule has 0 spiro atoms. The zero-order valence-electron chi connectivity index (χ0n) is 15.3. The molecule has 0 aromatic heterocycles. The maximum absolute atomic E-state index is 14.1. The van der Waals surface area contributed by atoms with Gasteiger partial charge in [0.15, 0.2) is 0 Å². The van der Waals surface area contributed by atoms with Crippen LogP contribution in [0.1, 0.15) is 42.7 Å². The number of amides is 1. The van der Waals surface area contributed by atoms with Gasteiger partial charge < -0.3 is 4.90 Å². The van der Waals surface area contributed by atoms with Crippen LogP contribution in [-0.2, 0) is 4.79 Å². The summed E-state index contributed by atoms with van der Waals surface area (Å²) in [6.07, 6.45) is 3.93. The molecule has 5 heteroatoms. The number of carbonyl (C=O) groups excluding carboxylic acids is 1. The van der Waals surface area contributed by atoms with Gasteiger partial charge in [0.25, 0.3) is 0 Å². The average Bonchev–Trinajstić information content (AvgIpc) is 3.09. The van der Waals surface area contributed by atoms with E-state index in [0.29, 0.717) is 18.8 Å². The van der Waals surface area contributed by atoms with Crippen LogP contribution in [0.25, 0.3) is 0 Å². The fraction of sp³-hybridized carbons (Fsp3) is 0.409. The van der Waals surface area contributed by atoms with Crippen LogP contribution in [0.3, 0.4) is 0 Å². The molecule has 4 rings (SSSR count). The summed E-state index contributed by atoms with van der Waals surface area (Å²) >= 11 is 0. The van der Waals surface area contributed by atoms with Gasteiger partial charge >= 0.3 is 0 Å². The van der Waals surface area contributed by atoms with Crippen LogP contribution in [0.4, 0.5) is 14.5 Å². The van der Waals surface area contributed by atoms with Crippen LogP contribution < -0.4 is 4.90 Å². The van der Waals surface area contributed by atoms with Crippen LogP contribution in [0.15, 0.2) is 42.5 Å². The highest BCUT2D eigenvalue weighted by Crippen LogP contribution is 2.39. The molecule has 3 nitrogen and oxygen atoms in total. The summed E-state index contributed by atoms with van der Waals surface area (Å²) in [6, 6.07) is 11.2. The molecular formula is C22H24F2N2O. The number of likely N-dealkylation sites (tertiary alicyclic amines) is 1. The standard InChI is InChI=1S/C22H24F2N2O/c23-17-7-5-16(6-8-17)19-4-3-13-26(21-14-18(24)9-10-20(19)21)22(27)15-25-11-1-2-12-25/h5-10,14,19H,1-4,11-13,15H2/t19-/m0/s1. The van der Waals surface area contributed by atoms with E-state index in [-0.39, 0.29) is 23.5 Å². The maximum Gasteiger partial charge on any atom is 0.241 e. The number of halogens is 2. The Bertz CT molecular complexity index is 816. The number of hydrogen-bond acceptors (Lipinski definition) is 2. The lowest BCUT2D eigenvalue weighted by atomic mass is 9.87. The molecule has 27 heavy (non-hydrogen) atoms. The van der Waals surface area contributed by atoms with Crippen molar-refractivity contribution in [1.29, 1.82) is 0 Å². The smallest absolute Gasteiger partial charge is 0.241 e. The van der Waals surface area contributed by atoms with E-state index in [9.17, 15) is 13.6 Å². The molecule has 1 fully saturated rings. The molecule has 2 aliphatic heterocycles. The summed E-state index contributed by atoms with van der Waals surface area (Å²) in [4.78, 5) is 16.9. The highest BCUT2D eigenvalue weighted by molar-refractivity contribution is 5.96. The molecule has 0 unspecified atom stereocenters. The largest absolute Gasteiger partial charge is 0.311 e. The minimum atomic E-state index is -0.340. The Morgan fingerprint density at radius 1 is 0.926 bits per heavy atom. The summed E-state index contributed by atoms with van der Waals surface area (Å²) in [7, 11) is 0. The van der Waals surface area contributed by atoms with Crippen molar-refractivity contribution < 1.29 is 13.6 Å². The Hall–Kier alpha value is -2.27. The Kier molecular flexibility index (Phi) is 5.21. The summed E-state index contributed by atoms with van der Waals surface area (Å²) in [5.74, 6) is -0.545. The molecule has 2 aromatic carbocycles. The number of hydrogen-bond donors (Lipinski definition) is 0. The van der Waals surface area contributed by atoms with Crippen molar-refractivity contribution in [2.45, 2.75) is 31.6 Å². The molecular weight excluding hydrogens is 346 g/mol. The summed E-state index contributed by atoms with van der Waals surface area (Å²) in [6.45, 7) is 2.87. The Labute approximate surface area is 158 Å². The summed E-state index contributed by atoms with van der Waals surface area (Å²) in [5.41, 5.74) is 2.60. The zero-order valence-corrected chi connectivity index (χ0v) is 15.3. The molecule has 0 bridgehead atoms. The van der Waals surface area contributed by atoms with Gasteiger partial charge in [0.1, 0.15) is 11.6 Å². The van der Waals surface area contributed by atoms with E-state index >= 15 is 0 Å². The van der Waals surface area contributed by atoms with Crippen LogP contribution in [0.2, 0.25) is 0 Å². The molecule has 1 amide bonds. The highest BCUT2D eigenvalue weighted by atomic mass is 19.1. The van der Waals surface area contributed by atoms with Crippen LogP contribution in [0, 0.1) is 11.6 Å². The third-order valence-electron chi connectivity index (χ3n) is 5.66. The first-order chi connectivity index (χ1) is 13.1. The van der Waals surface area contributed by atoms with Crippen molar-refractivity contribution in [2.75, 3.05) is 31.1 Å². The number of nitrogens with zero attached hydrogens (tertiary/aromatic N) is 2. The second kappa shape index (κ2) is 7.77. The molecule has 1 atom stereocenters. The van der Waals surface area contributed by atoms with Gasteiger partial charge in [-0.05, 0) is 74.2 Å². The number of fused-ring (bicyclic) bond motifs is 1. The van der Waals surface area contributed by atoms with E-state index in [1.807, 2.05) is 0 Å². The summed E-state index contributed by atoms with van der Waals surface area (Å²) in [5, 5.41) is 0. The van der Waals surface area contributed by atoms with Gasteiger partial charge in [0, 0.05) is 12.5 Å². The van der Waals surface area contributed by atoms with E-state index in [1.54, 1.807) is 23.1 Å². The fourth-order valence-electron chi connectivity index (χ4n) is 4.29. The van der Waals surface area contributed by atoms with Gasteiger partial charge in [-0.3, -0.25) is 9.69 Å². The third-order valence-corrected chi connectivity index (χ3v) is 5.66. The Morgan fingerprint density at radius 2 is 1.63 bits per heavy atom. The van der Waals surface area contributed by atoms with Gasteiger partial charge in [0.2, 0.25) is 5.91 Å². The molecule has 2 heterocycles. The predicted molar refractivity (Wildman–Crippen MR) is 102 cm³/mol. The molecule has 0 N–H and O–H groups in total. The lowest BCUT2D eigenvalue weighted by molar-refractivity contribution is -0.119. The second-order valence-corrected chi connectivity index (χ2v) is 7.48. The topological polar surface area (TPSA) is 23.6 Å². The van der Waals surface area contributed by atoms with E-state index in [2.05, 4.69) is 4.90 Å². The number of benzene rings is 2. The fourth-order valence-corrected chi connectivity index (χ4v) is 4.29. The van der Waals surface area contributed by atoms with Crippen LogP contribution in [0.5, 0.6) is 0 Å². The maximum atomic E-state index is 14.1. The molecule has 0 aliphatic carbocycles. The molecule has 2 aromatic rings. The van der Waals surface area contributed by atoms with Crippen molar-refractivity contribution in [2.24, 2.45) is 0 Å². The first-order valence-electron chi connectivity index (χ1n) is 9.69. The first kappa shape index (κ1) is 18.1. The number of anilines is 1. The van der Waals surface area contributed by atoms with Crippen LogP contribution in [-0.4, -0.2) is 37.0 Å². The van der Waals surface area contributed by atoms with Crippen LogP contribution >= 0.6 is 0 Å². The van der Waals surface area contributed by atoms with Crippen molar-refractivity contribution in [1.82, 2.24) is 4.90 Å². The van der Waals surface area contributed by atoms with E-state index in [1.165, 1.54) is 24.3 Å². The number of carbonyl (C=O) groups is 1. The van der Waals surface area contributed by atoms with Crippen molar-refractivity contribution in [3.63, 3.8) is 0 Å².